The van der Waals surface area contributed by atoms with E-state index < -0.39 is 0 Å². The van der Waals surface area contributed by atoms with E-state index in [0.717, 1.165) is 28.6 Å². The molecule has 0 amide bonds. The minimum Gasteiger partial charge on any atom is -0.493 e. The molecule has 0 saturated carbocycles. The summed E-state index contributed by atoms with van der Waals surface area (Å²) in [7, 11) is 1.62. The Morgan fingerprint density at radius 1 is 1.20 bits per heavy atom. The maximum absolute atomic E-state index is 12.9. The second-order valence-electron chi connectivity index (χ2n) is 5.26. The number of benzene rings is 2. The molecule has 0 atom stereocenters. The Hall–Kier alpha value is -1.56. The number of ether oxygens (including phenoxy) is 2. The zero-order valence-corrected chi connectivity index (χ0v) is 16.5. The average molecular weight is 431 g/mol. The van der Waals surface area contributed by atoms with E-state index in [2.05, 4.69) is 27.8 Å². The molecule has 0 radical (unpaired) electrons. The molecular formula is C19H22BrClFNO2. The van der Waals surface area contributed by atoms with Gasteiger partial charge >= 0.3 is 0 Å². The molecule has 0 aliphatic heterocycles. The third-order valence-electron chi connectivity index (χ3n) is 3.47. The summed E-state index contributed by atoms with van der Waals surface area (Å²) in [4.78, 5) is 0. The highest BCUT2D eigenvalue weighted by Gasteiger charge is 2.11. The fraction of sp³-hybridized carbons (Fsp3) is 0.263. The first-order chi connectivity index (χ1) is 11.6. The Morgan fingerprint density at radius 3 is 2.56 bits per heavy atom. The van der Waals surface area contributed by atoms with Crippen LogP contribution in [0.1, 0.15) is 11.1 Å². The quantitative estimate of drug-likeness (QED) is 0.453. The van der Waals surface area contributed by atoms with Gasteiger partial charge in [-0.05, 0) is 64.3 Å². The van der Waals surface area contributed by atoms with Gasteiger partial charge in [-0.2, -0.15) is 0 Å². The van der Waals surface area contributed by atoms with Gasteiger partial charge in [-0.25, -0.2) is 4.39 Å². The van der Waals surface area contributed by atoms with Crippen LogP contribution in [0.3, 0.4) is 0 Å². The topological polar surface area (TPSA) is 30.5 Å². The summed E-state index contributed by atoms with van der Waals surface area (Å²) in [6.45, 7) is 5.58. The first-order valence-electron chi connectivity index (χ1n) is 7.69. The lowest BCUT2D eigenvalue weighted by Crippen LogP contribution is -2.16. The molecule has 2 aromatic rings. The zero-order chi connectivity index (χ0) is 17.4. The monoisotopic (exact) mass is 429 g/mol. The van der Waals surface area contributed by atoms with Crippen LogP contribution in [0.25, 0.3) is 0 Å². The Balaban J connectivity index is 0.00000312. The van der Waals surface area contributed by atoms with Gasteiger partial charge in [-0.15, -0.1) is 12.4 Å². The Bertz CT molecular complexity index is 680. The van der Waals surface area contributed by atoms with Gasteiger partial charge in [0.15, 0.2) is 11.5 Å². The van der Waals surface area contributed by atoms with Crippen LogP contribution in [-0.2, 0) is 13.0 Å². The lowest BCUT2D eigenvalue weighted by Gasteiger charge is -2.14. The first kappa shape index (κ1) is 21.5. The van der Waals surface area contributed by atoms with Crippen molar-refractivity contribution in [2.45, 2.75) is 13.0 Å². The second-order valence-corrected chi connectivity index (χ2v) is 6.12. The molecular weight excluding hydrogens is 409 g/mol. The highest BCUT2D eigenvalue weighted by molar-refractivity contribution is 9.10. The Morgan fingerprint density at radius 2 is 1.92 bits per heavy atom. The molecule has 0 aromatic heterocycles. The molecule has 3 nitrogen and oxygen atoms in total. The van der Waals surface area contributed by atoms with Gasteiger partial charge in [-0.1, -0.05) is 24.8 Å². The highest BCUT2D eigenvalue weighted by Crippen LogP contribution is 2.36. The zero-order valence-electron chi connectivity index (χ0n) is 14.1. The van der Waals surface area contributed by atoms with Crippen LogP contribution in [0.15, 0.2) is 53.5 Å². The molecule has 0 spiro atoms. The third-order valence-corrected chi connectivity index (χ3v) is 4.06. The van der Waals surface area contributed by atoms with Gasteiger partial charge in [0.2, 0.25) is 0 Å². The molecule has 1 N–H and O–H groups in total. The fourth-order valence-corrected chi connectivity index (χ4v) is 2.88. The average Bonchev–Trinajstić information content (AvgIpc) is 2.59. The van der Waals surface area contributed by atoms with E-state index in [9.17, 15) is 4.39 Å². The minimum absolute atomic E-state index is 0. The number of hydrogen-bond donors (Lipinski definition) is 1. The van der Waals surface area contributed by atoms with E-state index in [1.807, 2.05) is 24.3 Å². The van der Waals surface area contributed by atoms with Crippen molar-refractivity contribution in [3.63, 3.8) is 0 Å². The van der Waals surface area contributed by atoms with Crippen molar-refractivity contribution in [2.75, 3.05) is 20.3 Å². The van der Waals surface area contributed by atoms with E-state index >= 15 is 0 Å². The van der Waals surface area contributed by atoms with Crippen molar-refractivity contribution >= 4 is 28.3 Å². The smallest absolute Gasteiger partial charge is 0.175 e. The number of rotatable bonds is 9. The predicted octanol–water partition coefficient (Wildman–Crippen LogP) is 4.92. The highest BCUT2D eigenvalue weighted by atomic mass is 79.9. The number of methoxy groups -OCH3 is 1. The van der Waals surface area contributed by atoms with E-state index in [0.29, 0.717) is 24.7 Å². The number of halogens is 3. The molecule has 6 heteroatoms. The Kier molecular flexibility index (Phi) is 9.57. The van der Waals surface area contributed by atoms with Crippen LogP contribution in [0.2, 0.25) is 0 Å². The van der Waals surface area contributed by atoms with Crippen LogP contribution < -0.4 is 14.8 Å². The first-order valence-corrected chi connectivity index (χ1v) is 8.48. The summed E-state index contributed by atoms with van der Waals surface area (Å²) < 4.78 is 24.7. The molecule has 2 rings (SSSR count). The summed E-state index contributed by atoms with van der Waals surface area (Å²) >= 11 is 3.52. The molecule has 0 aliphatic rings. The van der Waals surface area contributed by atoms with Gasteiger partial charge in [0.25, 0.3) is 0 Å². The van der Waals surface area contributed by atoms with E-state index in [1.54, 1.807) is 13.2 Å². The van der Waals surface area contributed by atoms with Crippen molar-refractivity contribution in [1.82, 2.24) is 5.32 Å². The molecule has 0 fully saturated rings. The van der Waals surface area contributed by atoms with Crippen LogP contribution >= 0.6 is 28.3 Å². The van der Waals surface area contributed by atoms with Crippen LogP contribution in [0.5, 0.6) is 11.5 Å². The van der Waals surface area contributed by atoms with Crippen molar-refractivity contribution < 1.29 is 13.9 Å². The van der Waals surface area contributed by atoms with Crippen molar-refractivity contribution in [3.05, 3.63) is 70.5 Å². The standard InChI is InChI=1S/C19H21BrFNO2.ClH/c1-3-10-24-19-17(20)11-15(12-18(19)23-2)13-22-9-8-14-4-6-16(21)7-5-14;/h3-7,11-12,22H,1,8-10,13H2,2H3;1H. The van der Waals surface area contributed by atoms with Gasteiger partial charge in [0.1, 0.15) is 12.4 Å². The van der Waals surface area contributed by atoms with Crippen molar-refractivity contribution in [3.8, 4) is 11.5 Å². The molecule has 0 saturated heterocycles. The van der Waals surface area contributed by atoms with Gasteiger partial charge < -0.3 is 14.8 Å². The summed E-state index contributed by atoms with van der Waals surface area (Å²) in [6.07, 6.45) is 2.54. The largest absolute Gasteiger partial charge is 0.493 e. The summed E-state index contributed by atoms with van der Waals surface area (Å²) in [6, 6.07) is 10.5. The number of hydrogen-bond acceptors (Lipinski definition) is 3. The van der Waals surface area contributed by atoms with Crippen LogP contribution in [-0.4, -0.2) is 20.3 Å². The number of nitrogens with one attached hydrogen (secondary N) is 1. The van der Waals surface area contributed by atoms with E-state index in [1.165, 1.54) is 12.1 Å². The van der Waals surface area contributed by atoms with Crippen molar-refractivity contribution in [2.24, 2.45) is 0 Å². The summed E-state index contributed by atoms with van der Waals surface area (Å²) in [5.41, 5.74) is 2.19. The van der Waals surface area contributed by atoms with Crippen LogP contribution in [0.4, 0.5) is 4.39 Å². The van der Waals surface area contributed by atoms with Crippen molar-refractivity contribution in [1.29, 1.82) is 0 Å². The maximum Gasteiger partial charge on any atom is 0.175 e. The second kappa shape index (κ2) is 11.1. The molecule has 136 valence electrons. The van der Waals surface area contributed by atoms with E-state index in [4.69, 9.17) is 9.47 Å². The molecule has 25 heavy (non-hydrogen) atoms. The van der Waals surface area contributed by atoms with Gasteiger partial charge in [0, 0.05) is 6.54 Å². The summed E-state index contributed by atoms with van der Waals surface area (Å²) in [5, 5.41) is 3.38. The molecule has 0 heterocycles. The van der Waals surface area contributed by atoms with E-state index in [-0.39, 0.29) is 18.2 Å². The lowest BCUT2D eigenvalue weighted by atomic mass is 10.1. The Labute approximate surface area is 162 Å². The molecule has 0 bridgehead atoms. The van der Waals surface area contributed by atoms with Gasteiger partial charge in [-0.3, -0.25) is 0 Å². The molecule has 2 aromatic carbocycles. The molecule has 0 aliphatic carbocycles. The van der Waals surface area contributed by atoms with Crippen LogP contribution in [0, 0.1) is 5.82 Å². The van der Waals surface area contributed by atoms with Gasteiger partial charge in [0.05, 0.1) is 11.6 Å². The third kappa shape index (κ3) is 6.69. The normalized spacial score (nSPS) is 10.0. The maximum atomic E-state index is 12.9. The SMILES string of the molecule is C=CCOc1c(Br)cc(CNCCc2ccc(F)cc2)cc1OC.Cl. The minimum atomic E-state index is -0.206. The predicted molar refractivity (Wildman–Crippen MR) is 105 cm³/mol. The summed E-state index contributed by atoms with van der Waals surface area (Å²) in [5.74, 6) is 1.15. The molecule has 0 unspecified atom stereocenters. The lowest BCUT2D eigenvalue weighted by molar-refractivity contribution is 0.324. The fourth-order valence-electron chi connectivity index (χ4n) is 2.27.